The lowest BCUT2D eigenvalue weighted by atomic mass is 9.85. The monoisotopic (exact) mass is 1300 g/mol. The molecular weight excluding hydrogens is 1190 g/mol. The van der Waals surface area contributed by atoms with Crippen molar-refractivity contribution in [2.75, 3.05) is 4.90 Å². The van der Waals surface area contributed by atoms with Crippen molar-refractivity contribution in [2.45, 2.75) is 169 Å². The number of pyridine rings is 6. The lowest BCUT2D eigenvalue weighted by Gasteiger charge is -2.33. The fraction of sp³-hybridized carbons (Fsp3) is 0.311. The summed E-state index contributed by atoms with van der Waals surface area (Å²) >= 11 is 0. The molecule has 0 fully saturated rings. The first-order valence-electron chi connectivity index (χ1n) is 35.1. The molecule has 11 aromatic rings. The van der Waals surface area contributed by atoms with Crippen molar-refractivity contribution in [2.24, 2.45) is 21.1 Å². The van der Waals surface area contributed by atoms with Gasteiger partial charge in [0.25, 0.3) is 0 Å². The van der Waals surface area contributed by atoms with E-state index in [4.69, 9.17) is 4.98 Å². The molecule has 6 aromatic heterocycles. The molecule has 1 atom stereocenters. The molecule has 0 bridgehead atoms. The molecule has 1 aliphatic heterocycles. The van der Waals surface area contributed by atoms with Crippen LogP contribution < -0.4 is 18.6 Å². The van der Waals surface area contributed by atoms with Gasteiger partial charge >= 0.3 is 0 Å². The van der Waals surface area contributed by atoms with Gasteiger partial charge in [-0.2, -0.15) is 0 Å². The number of aryl methyl sites for hydroxylation is 17. The van der Waals surface area contributed by atoms with Gasteiger partial charge in [0.15, 0.2) is 18.6 Å². The van der Waals surface area contributed by atoms with E-state index in [0.717, 1.165) is 34.2 Å². The van der Waals surface area contributed by atoms with Crippen LogP contribution in [-0.2, 0) is 21.1 Å². The number of hydrogen-bond acceptors (Lipinski definition) is 5. The second-order valence-corrected chi connectivity index (χ2v) is 28.3. The number of aromatic nitrogens is 6. The van der Waals surface area contributed by atoms with Crippen LogP contribution >= 0.6 is 0 Å². The van der Waals surface area contributed by atoms with Crippen LogP contribution in [0.4, 0.5) is 5.69 Å². The van der Waals surface area contributed by atoms with Crippen molar-refractivity contribution in [1.29, 1.82) is 0 Å². The molecule has 1 aliphatic rings. The van der Waals surface area contributed by atoms with Gasteiger partial charge in [0, 0.05) is 76.1 Å². The van der Waals surface area contributed by atoms with Crippen LogP contribution in [0.25, 0.3) is 78.3 Å². The third-order valence-electron chi connectivity index (χ3n) is 19.3. The van der Waals surface area contributed by atoms with Crippen molar-refractivity contribution in [3.8, 4) is 78.3 Å². The van der Waals surface area contributed by atoms with Crippen molar-refractivity contribution >= 4 is 5.69 Å². The minimum atomic E-state index is 0.399. The highest BCUT2D eigenvalue weighted by Gasteiger charge is 2.27. The van der Waals surface area contributed by atoms with E-state index in [1.807, 2.05) is 6.92 Å². The third kappa shape index (κ3) is 16.1. The highest BCUT2D eigenvalue weighted by molar-refractivity contribution is 5.86. The lowest BCUT2D eigenvalue weighted by molar-refractivity contribution is -0.660. The molecule has 5 aromatic carbocycles. The number of benzene rings is 5. The molecule has 504 valence electrons. The van der Waals surface area contributed by atoms with E-state index in [2.05, 4.69) is 382 Å². The minimum Gasteiger partial charge on any atom is -0.353 e. The fourth-order valence-electron chi connectivity index (χ4n) is 14.8. The lowest BCUT2D eigenvalue weighted by Crippen LogP contribution is -2.39. The maximum absolute atomic E-state index is 4.69. The maximum Gasteiger partial charge on any atom is 0.214 e. The van der Waals surface area contributed by atoms with E-state index in [0.29, 0.717) is 24.0 Å². The number of hydrogen-bond donors (Lipinski definition) is 0. The quantitative estimate of drug-likeness (QED) is 0.121. The summed E-state index contributed by atoms with van der Waals surface area (Å²) in [6, 6.07) is 57.5. The zero-order valence-electron chi connectivity index (χ0n) is 63.3. The summed E-state index contributed by atoms with van der Waals surface area (Å²) in [5.41, 5.74) is 38.6. The van der Waals surface area contributed by atoms with Crippen LogP contribution in [0.15, 0.2) is 189 Å². The molecule has 8 nitrogen and oxygen atoms in total. The molecule has 0 unspecified atom stereocenters. The van der Waals surface area contributed by atoms with E-state index in [-0.39, 0.29) is 0 Å². The Balaban J connectivity index is 0.000000155. The second-order valence-electron chi connectivity index (χ2n) is 28.3. The van der Waals surface area contributed by atoms with Crippen molar-refractivity contribution in [1.82, 2.24) is 19.9 Å². The maximum atomic E-state index is 4.69. The molecular formula is C90H107N8+3. The van der Waals surface area contributed by atoms with Gasteiger partial charge in [-0.3, -0.25) is 15.0 Å². The summed E-state index contributed by atoms with van der Waals surface area (Å²) in [4.78, 5) is 18.8. The summed E-state index contributed by atoms with van der Waals surface area (Å²) in [7, 11) is 6.38. The number of rotatable bonds is 11. The first-order chi connectivity index (χ1) is 46.5. The van der Waals surface area contributed by atoms with Gasteiger partial charge in [-0.15, -0.1) is 0 Å². The summed E-state index contributed by atoms with van der Waals surface area (Å²) in [6.45, 7) is 45.6. The Morgan fingerprint density at radius 1 is 0.347 bits per heavy atom. The first kappa shape index (κ1) is 72.6. The zero-order valence-corrected chi connectivity index (χ0v) is 63.3. The molecule has 0 saturated heterocycles. The molecule has 0 saturated carbocycles. The Kier molecular flexibility index (Phi) is 23.2. The normalized spacial score (nSPS) is 12.6. The van der Waals surface area contributed by atoms with Crippen molar-refractivity contribution in [3.63, 3.8) is 0 Å². The first-order valence-corrected chi connectivity index (χ1v) is 35.1. The Bertz CT molecular complexity index is 4600. The molecule has 0 radical (unpaired) electrons. The van der Waals surface area contributed by atoms with Gasteiger partial charge < -0.3 is 9.80 Å². The van der Waals surface area contributed by atoms with Crippen LogP contribution in [0.2, 0.25) is 0 Å². The average molecular weight is 1300 g/mol. The Morgan fingerprint density at radius 3 is 1.14 bits per heavy atom. The minimum absolute atomic E-state index is 0.399. The van der Waals surface area contributed by atoms with Crippen LogP contribution in [0, 0.1) is 96.9 Å². The fourth-order valence-corrected chi connectivity index (χ4v) is 14.8. The highest BCUT2D eigenvalue weighted by atomic mass is 15.4. The van der Waals surface area contributed by atoms with Gasteiger partial charge in [0.2, 0.25) is 17.1 Å². The molecule has 98 heavy (non-hydrogen) atoms. The van der Waals surface area contributed by atoms with Gasteiger partial charge in [0.05, 0.1) is 33.8 Å². The number of anilines is 1. The van der Waals surface area contributed by atoms with Gasteiger partial charge in [-0.25, -0.2) is 13.7 Å². The van der Waals surface area contributed by atoms with E-state index >= 15 is 0 Å². The molecule has 0 spiro atoms. The topological polar surface area (TPSA) is 56.8 Å². The summed E-state index contributed by atoms with van der Waals surface area (Å²) in [5.74, 6) is 0.981. The summed E-state index contributed by atoms with van der Waals surface area (Å²) < 4.78 is 6.69. The molecule has 8 heteroatoms. The zero-order chi connectivity index (χ0) is 71.1. The number of nitrogens with zero attached hydrogens (tertiary/aromatic N) is 8. The molecule has 12 rings (SSSR count). The van der Waals surface area contributed by atoms with Crippen LogP contribution in [0.1, 0.15) is 150 Å². The second kappa shape index (κ2) is 31.3. The van der Waals surface area contributed by atoms with E-state index in [1.54, 1.807) is 0 Å². The predicted octanol–water partition coefficient (Wildman–Crippen LogP) is 21.0. The van der Waals surface area contributed by atoms with Crippen molar-refractivity contribution < 1.29 is 13.7 Å². The summed E-state index contributed by atoms with van der Waals surface area (Å²) in [6.07, 6.45) is 11.5. The Hall–Kier alpha value is -9.66. The van der Waals surface area contributed by atoms with Crippen molar-refractivity contribution in [3.05, 3.63) is 279 Å². The Labute approximate surface area is 588 Å². The molecule has 0 amide bonds. The van der Waals surface area contributed by atoms with E-state index < -0.39 is 0 Å². The smallest absolute Gasteiger partial charge is 0.214 e. The predicted molar refractivity (Wildman–Crippen MR) is 413 cm³/mol. The molecule has 7 heterocycles. The van der Waals surface area contributed by atoms with Crippen LogP contribution in [-0.4, -0.2) is 32.1 Å². The van der Waals surface area contributed by atoms with Crippen LogP contribution in [0.5, 0.6) is 0 Å². The highest BCUT2D eigenvalue weighted by Crippen LogP contribution is 2.39. The average Bonchev–Trinajstić information content (AvgIpc) is 1.01. The molecule has 0 N–H and O–H groups in total. The van der Waals surface area contributed by atoms with Gasteiger partial charge in [-0.1, -0.05) is 125 Å². The van der Waals surface area contributed by atoms with E-state index in [9.17, 15) is 0 Å². The largest absolute Gasteiger partial charge is 0.353 e. The summed E-state index contributed by atoms with van der Waals surface area (Å²) in [5, 5.41) is 0. The third-order valence-corrected chi connectivity index (χ3v) is 19.3. The van der Waals surface area contributed by atoms with Crippen LogP contribution in [0.3, 0.4) is 0 Å². The molecule has 0 aliphatic carbocycles. The standard InChI is InChI=1S/C27H27N2.C26H33N2.C22H25N2.C15H22N2/c1-18-10-9-13-24(22-11-7-6-8-12-22)27(18)23-14-15-25(29(5)17-23)26-19(2)16-20(3)28-21(26)4;1-16(2)22-10-9-11-23(17(3)4)26(22)21-12-13-24(28(8)15-21)25-18(5)14-19(6)27-20(25)7;1-14-8-7-9-15(2)21(14)19-10-11-20(24(6)13-19)22-16(3)12-17(4)23-18(22)5;1-11(2)16-8-9-17(14(16)5)15-10-12(3)6-7-13(15)4/h6-17H,1-5H3;9-17H,1-8H3;7-13H,1-6H3;6-11,14H,1-5H3/q3*+1;/t;;;14-/m...1/s1. The Morgan fingerprint density at radius 2 is 0.745 bits per heavy atom. The van der Waals surface area contributed by atoms with E-state index in [1.165, 1.54) is 140 Å². The van der Waals surface area contributed by atoms with Gasteiger partial charge in [0.1, 0.15) is 27.3 Å². The SMILES string of the molecule is Cc1cc(C)c(-c2ccc(-c3c(C(C)C)cccc3C(C)C)c[n+]2C)c(C)n1.Cc1cc(C)c(-c2ccc(-c3c(C)cccc3-c3ccccc3)c[n+]2C)c(C)n1.Cc1cc(C)c(-c2ccc(-c3c(C)cccc3C)c[n+]2C)c(C)n1.Cc1ccc(C)c(N2C=CN(C(C)C)[C@H]2C)c1. The van der Waals surface area contributed by atoms with Gasteiger partial charge in [-0.05, 0) is 255 Å².